The van der Waals surface area contributed by atoms with Crippen LogP contribution in [0.25, 0.3) is 95.2 Å². The summed E-state index contributed by atoms with van der Waals surface area (Å²) in [6, 6.07) is 64.7. The van der Waals surface area contributed by atoms with Crippen LogP contribution in [0.3, 0.4) is 0 Å². The zero-order chi connectivity index (χ0) is 41.0. The van der Waals surface area contributed by atoms with Gasteiger partial charge in [0.1, 0.15) is 0 Å². The van der Waals surface area contributed by atoms with Gasteiger partial charge in [-0.2, -0.15) is 0 Å². The van der Waals surface area contributed by atoms with Gasteiger partial charge in [-0.15, -0.1) is 0 Å². The molecule has 0 atom stereocenters. The van der Waals surface area contributed by atoms with Crippen LogP contribution in [-0.4, -0.2) is 24.1 Å². The van der Waals surface area contributed by atoms with Crippen molar-refractivity contribution >= 4 is 55.6 Å². The Morgan fingerprint density at radius 2 is 0.952 bits per heavy atom. The van der Waals surface area contributed by atoms with Gasteiger partial charge in [-0.25, -0.2) is 15.0 Å². The third-order valence-corrected chi connectivity index (χ3v) is 12.5. The summed E-state index contributed by atoms with van der Waals surface area (Å²) in [5.41, 5.74) is 15.9. The van der Waals surface area contributed by atoms with Gasteiger partial charge in [-0.3, -0.25) is 0 Å². The average molecular weight is 796 g/mol. The van der Waals surface area contributed by atoms with Gasteiger partial charge in [0.15, 0.2) is 17.5 Å². The van der Waals surface area contributed by atoms with Crippen LogP contribution in [0.4, 0.5) is 0 Å². The minimum atomic E-state index is 0.633. The summed E-state index contributed by atoms with van der Waals surface area (Å²) in [7, 11) is 0. The van der Waals surface area contributed by atoms with Crippen LogP contribution in [0.15, 0.2) is 194 Å². The molecule has 5 nitrogen and oxygen atoms in total. The normalized spacial score (nSPS) is 13.8. The average Bonchev–Trinajstić information content (AvgIpc) is 3.87. The molecule has 0 saturated heterocycles. The Morgan fingerprint density at radius 1 is 0.403 bits per heavy atom. The van der Waals surface area contributed by atoms with Crippen LogP contribution in [0.2, 0.25) is 0 Å². The van der Waals surface area contributed by atoms with Crippen molar-refractivity contribution in [3.8, 4) is 39.6 Å². The molecule has 0 spiro atoms. The highest BCUT2D eigenvalue weighted by Crippen LogP contribution is 2.46. The first-order valence-corrected chi connectivity index (χ1v) is 21.6. The van der Waals surface area contributed by atoms with Crippen LogP contribution in [-0.2, 0) is 6.42 Å². The highest BCUT2D eigenvalue weighted by atomic mass is 15.1. The monoisotopic (exact) mass is 795 g/mol. The lowest BCUT2D eigenvalue weighted by Gasteiger charge is -2.26. The second-order valence-corrected chi connectivity index (χ2v) is 16.1. The standard InChI is InChI=1S/C57H41N5/c1-4-20-38(21-5-1)41-30-18-32-47(53(41)61-49-34-14-10-26-43(49)44-27-11-15-35-50(44)61)56-58-55(40-24-8-3-9-25-40)59-57(60-56)48-33-19-31-42(39-22-6-2-7-23-39)54(48)62-51-36-16-12-28-45(51)46-29-13-17-37-52(46)62/h1-16,18,20-32,34-36H,17,19,33,37H2. The van der Waals surface area contributed by atoms with Gasteiger partial charge >= 0.3 is 0 Å². The summed E-state index contributed by atoms with van der Waals surface area (Å²) >= 11 is 0. The lowest BCUT2D eigenvalue weighted by Crippen LogP contribution is -2.13. The number of para-hydroxylation sites is 4. The molecular formula is C57H41N5. The van der Waals surface area contributed by atoms with Gasteiger partial charge in [0.25, 0.3) is 0 Å². The SMILES string of the molecule is C1=Cc2c(n(C3=C(c4nc(-c5ccccc5)nc(-c5cccc(-c6ccccc6)c5-n5c6ccccc6c6ccccc65)n4)CCC=C3c3ccccc3)c3ccccc23)CC1. The molecule has 10 aromatic rings. The second kappa shape index (κ2) is 15.0. The molecule has 62 heavy (non-hydrogen) atoms. The van der Waals surface area contributed by atoms with Crippen molar-refractivity contribution in [2.75, 3.05) is 0 Å². The van der Waals surface area contributed by atoms with Crippen LogP contribution >= 0.6 is 0 Å². The minimum absolute atomic E-state index is 0.633. The molecule has 0 unspecified atom stereocenters. The number of nitrogens with zero attached hydrogens (tertiary/aromatic N) is 5. The zero-order valence-corrected chi connectivity index (χ0v) is 34.1. The third kappa shape index (κ3) is 5.88. The minimum Gasteiger partial charge on any atom is -0.312 e. The molecule has 0 fully saturated rings. The fraction of sp³-hybridized carbons (Fsp3) is 0.0702. The van der Waals surface area contributed by atoms with E-state index in [9.17, 15) is 0 Å². The first-order valence-electron chi connectivity index (χ1n) is 21.6. The molecule has 5 heteroatoms. The van der Waals surface area contributed by atoms with Crippen molar-refractivity contribution < 1.29 is 0 Å². The number of rotatable bonds is 7. The van der Waals surface area contributed by atoms with Gasteiger partial charge in [0.05, 0.1) is 27.9 Å². The van der Waals surface area contributed by atoms with Crippen molar-refractivity contribution in [1.29, 1.82) is 0 Å². The molecule has 0 radical (unpaired) electrons. The molecule has 0 amide bonds. The molecule has 2 aliphatic rings. The predicted octanol–water partition coefficient (Wildman–Crippen LogP) is 14.1. The van der Waals surface area contributed by atoms with Gasteiger partial charge in [-0.05, 0) is 61.1 Å². The van der Waals surface area contributed by atoms with Crippen LogP contribution < -0.4 is 0 Å². The Morgan fingerprint density at radius 3 is 1.65 bits per heavy atom. The fourth-order valence-corrected chi connectivity index (χ4v) is 9.84. The Hall–Kier alpha value is -7.89. The van der Waals surface area contributed by atoms with E-state index in [2.05, 4.69) is 203 Å². The molecule has 0 bridgehead atoms. The Kier molecular flexibility index (Phi) is 8.70. The quantitative estimate of drug-likeness (QED) is 0.161. The van der Waals surface area contributed by atoms with E-state index in [1.807, 2.05) is 6.07 Å². The maximum Gasteiger partial charge on any atom is 0.166 e. The highest BCUT2D eigenvalue weighted by Gasteiger charge is 2.29. The lowest BCUT2D eigenvalue weighted by atomic mass is 9.89. The number of allylic oxidation sites excluding steroid dienone is 5. The van der Waals surface area contributed by atoms with E-state index >= 15 is 0 Å². The maximum atomic E-state index is 5.65. The van der Waals surface area contributed by atoms with Crippen molar-refractivity contribution in [3.63, 3.8) is 0 Å². The van der Waals surface area contributed by atoms with Gasteiger partial charge in [0, 0.05) is 55.3 Å². The molecule has 0 N–H and O–H groups in total. The molecule has 12 rings (SSSR count). The van der Waals surface area contributed by atoms with E-state index in [4.69, 9.17) is 15.0 Å². The number of benzene rings is 7. The number of hydrogen-bond donors (Lipinski definition) is 0. The van der Waals surface area contributed by atoms with Crippen molar-refractivity contribution in [1.82, 2.24) is 24.1 Å². The number of aromatic nitrogens is 5. The van der Waals surface area contributed by atoms with Crippen molar-refractivity contribution in [3.05, 3.63) is 217 Å². The Balaban J connectivity index is 1.19. The van der Waals surface area contributed by atoms with Crippen LogP contribution in [0.1, 0.15) is 41.9 Å². The van der Waals surface area contributed by atoms with Gasteiger partial charge in [-0.1, -0.05) is 176 Å². The largest absolute Gasteiger partial charge is 0.312 e. The lowest BCUT2D eigenvalue weighted by molar-refractivity contribution is 0.893. The van der Waals surface area contributed by atoms with Gasteiger partial charge in [0.2, 0.25) is 0 Å². The van der Waals surface area contributed by atoms with E-state index < -0.39 is 0 Å². The predicted molar refractivity (Wildman–Crippen MR) is 257 cm³/mol. The summed E-state index contributed by atoms with van der Waals surface area (Å²) in [5.74, 6) is 1.98. The third-order valence-electron chi connectivity index (χ3n) is 12.5. The van der Waals surface area contributed by atoms with Gasteiger partial charge < -0.3 is 9.13 Å². The van der Waals surface area contributed by atoms with E-state index in [-0.39, 0.29) is 0 Å². The van der Waals surface area contributed by atoms with E-state index in [0.29, 0.717) is 17.5 Å². The molecule has 2 aliphatic carbocycles. The van der Waals surface area contributed by atoms with E-state index in [0.717, 1.165) is 75.9 Å². The van der Waals surface area contributed by atoms with Crippen LogP contribution in [0.5, 0.6) is 0 Å². The Labute approximate surface area is 360 Å². The second-order valence-electron chi connectivity index (χ2n) is 16.1. The molecular weight excluding hydrogens is 755 g/mol. The number of fused-ring (bicyclic) bond motifs is 6. The van der Waals surface area contributed by atoms with Crippen molar-refractivity contribution in [2.24, 2.45) is 0 Å². The van der Waals surface area contributed by atoms with Crippen LogP contribution in [0, 0.1) is 0 Å². The molecule has 3 aromatic heterocycles. The van der Waals surface area contributed by atoms with E-state index in [1.165, 1.54) is 44.1 Å². The zero-order valence-electron chi connectivity index (χ0n) is 34.1. The topological polar surface area (TPSA) is 48.5 Å². The molecule has 7 aromatic carbocycles. The molecule has 3 heterocycles. The summed E-state index contributed by atoms with van der Waals surface area (Å²) in [6.45, 7) is 0. The Bertz CT molecular complexity index is 3390. The molecule has 0 saturated carbocycles. The fourth-order valence-electron chi connectivity index (χ4n) is 9.84. The highest BCUT2D eigenvalue weighted by molar-refractivity contribution is 6.13. The number of hydrogen-bond acceptors (Lipinski definition) is 3. The first-order chi connectivity index (χ1) is 30.8. The molecule has 294 valence electrons. The summed E-state index contributed by atoms with van der Waals surface area (Å²) in [6.07, 6.45) is 10.6. The summed E-state index contributed by atoms with van der Waals surface area (Å²) < 4.78 is 4.95. The van der Waals surface area contributed by atoms with Crippen molar-refractivity contribution in [2.45, 2.75) is 25.7 Å². The van der Waals surface area contributed by atoms with E-state index in [1.54, 1.807) is 0 Å². The smallest absolute Gasteiger partial charge is 0.166 e. The molecule has 0 aliphatic heterocycles. The maximum absolute atomic E-state index is 5.65. The summed E-state index contributed by atoms with van der Waals surface area (Å²) in [5, 5.41) is 3.67. The first kappa shape index (κ1) is 36.0. The summed E-state index contributed by atoms with van der Waals surface area (Å²) in [4.78, 5) is 16.5.